The van der Waals surface area contributed by atoms with Crippen LogP contribution in [0.15, 0.2) is 72.8 Å². The van der Waals surface area contributed by atoms with E-state index in [9.17, 15) is 31.2 Å². The SMILES string of the molecule is CCNC(=O)C(Cc1ccccc1)N(Cc1ccc(F)cc1)C(=O)CCCN(c1ccc(F)c(F)c1)S(C)(=O)=O. The van der Waals surface area contributed by atoms with E-state index in [0.29, 0.717) is 12.1 Å². The molecule has 0 fully saturated rings. The van der Waals surface area contributed by atoms with Crippen molar-refractivity contribution in [3.8, 4) is 0 Å². The monoisotopic (exact) mass is 575 g/mol. The zero-order valence-corrected chi connectivity index (χ0v) is 23.1. The van der Waals surface area contributed by atoms with E-state index in [1.807, 2.05) is 30.3 Å². The lowest BCUT2D eigenvalue weighted by atomic mass is 10.0. The van der Waals surface area contributed by atoms with Crippen LogP contribution in [0.25, 0.3) is 0 Å². The molecule has 40 heavy (non-hydrogen) atoms. The maximum atomic E-state index is 13.8. The van der Waals surface area contributed by atoms with E-state index in [2.05, 4.69) is 5.32 Å². The molecule has 0 saturated carbocycles. The number of benzene rings is 3. The van der Waals surface area contributed by atoms with E-state index in [-0.39, 0.29) is 43.9 Å². The second kappa shape index (κ2) is 14.0. The molecule has 3 aromatic carbocycles. The lowest BCUT2D eigenvalue weighted by molar-refractivity contribution is -0.141. The summed E-state index contributed by atoms with van der Waals surface area (Å²) in [7, 11) is -3.88. The smallest absolute Gasteiger partial charge is 0.243 e. The molecule has 1 atom stereocenters. The molecule has 0 bridgehead atoms. The maximum Gasteiger partial charge on any atom is 0.243 e. The number of nitrogens with zero attached hydrogens (tertiary/aromatic N) is 2. The summed E-state index contributed by atoms with van der Waals surface area (Å²) in [6.45, 7) is 1.96. The summed E-state index contributed by atoms with van der Waals surface area (Å²) in [4.78, 5) is 28.2. The van der Waals surface area contributed by atoms with Crippen molar-refractivity contribution < 1.29 is 31.2 Å². The molecule has 11 heteroatoms. The number of hydrogen-bond acceptors (Lipinski definition) is 4. The van der Waals surface area contributed by atoms with Gasteiger partial charge in [0.15, 0.2) is 11.6 Å². The minimum absolute atomic E-state index is 0.0205. The van der Waals surface area contributed by atoms with Gasteiger partial charge in [-0.25, -0.2) is 21.6 Å². The van der Waals surface area contributed by atoms with Gasteiger partial charge >= 0.3 is 0 Å². The normalized spacial score (nSPS) is 12.0. The predicted molar refractivity (Wildman–Crippen MR) is 147 cm³/mol. The highest BCUT2D eigenvalue weighted by molar-refractivity contribution is 7.92. The van der Waals surface area contributed by atoms with E-state index >= 15 is 0 Å². The summed E-state index contributed by atoms with van der Waals surface area (Å²) in [5.41, 5.74) is 1.37. The molecule has 0 saturated heterocycles. The summed E-state index contributed by atoms with van der Waals surface area (Å²) < 4.78 is 66.5. The van der Waals surface area contributed by atoms with Gasteiger partial charge in [0.1, 0.15) is 11.9 Å². The van der Waals surface area contributed by atoms with Gasteiger partial charge in [-0.1, -0.05) is 42.5 Å². The molecule has 0 aromatic heterocycles. The van der Waals surface area contributed by atoms with Crippen LogP contribution in [-0.4, -0.2) is 50.5 Å². The number of rotatable bonds is 13. The number of likely N-dealkylation sites (N-methyl/N-ethyl adjacent to an activating group) is 1. The van der Waals surface area contributed by atoms with E-state index in [1.165, 1.54) is 29.2 Å². The van der Waals surface area contributed by atoms with Crippen LogP contribution in [0.2, 0.25) is 0 Å². The highest BCUT2D eigenvalue weighted by atomic mass is 32.2. The molecule has 0 aliphatic carbocycles. The fourth-order valence-electron chi connectivity index (χ4n) is 4.28. The zero-order valence-electron chi connectivity index (χ0n) is 22.3. The lowest BCUT2D eigenvalue weighted by Crippen LogP contribution is -2.50. The second-order valence-electron chi connectivity index (χ2n) is 9.29. The third-order valence-corrected chi connectivity index (χ3v) is 7.43. The predicted octanol–water partition coefficient (Wildman–Crippen LogP) is 4.43. The van der Waals surface area contributed by atoms with Gasteiger partial charge in [-0.2, -0.15) is 0 Å². The van der Waals surface area contributed by atoms with Gasteiger partial charge in [-0.05, 0) is 48.7 Å². The highest BCUT2D eigenvalue weighted by Crippen LogP contribution is 2.22. The molecule has 7 nitrogen and oxygen atoms in total. The van der Waals surface area contributed by atoms with Crippen LogP contribution < -0.4 is 9.62 Å². The first-order valence-electron chi connectivity index (χ1n) is 12.8. The van der Waals surface area contributed by atoms with Gasteiger partial charge in [0.05, 0.1) is 11.9 Å². The minimum Gasteiger partial charge on any atom is -0.355 e. The first kappa shape index (κ1) is 30.7. The number of halogens is 3. The number of carbonyl (C=O) groups is 2. The van der Waals surface area contributed by atoms with Crippen molar-refractivity contribution in [3.63, 3.8) is 0 Å². The van der Waals surface area contributed by atoms with Gasteiger partial charge in [0, 0.05) is 38.5 Å². The molecule has 0 aliphatic heterocycles. The van der Waals surface area contributed by atoms with E-state index in [0.717, 1.165) is 34.3 Å². The Kier molecular flexibility index (Phi) is 10.7. The lowest BCUT2D eigenvalue weighted by Gasteiger charge is -2.32. The molecule has 1 unspecified atom stereocenters. The summed E-state index contributed by atoms with van der Waals surface area (Å²) in [5.74, 6) is -3.53. The summed E-state index contributed by atoms with van der Waals surface area (Å²) in [6, 6.07) is 16.6. The molecule has 3 rings (SSSR count). The zero-order chi connectivity index (χ0) is 29.3. The first-order chi connectivity index (χ1) is 19.0. The van der Waals surface area contributed by atoms with E-state index in [1.54, 1.807) is 6.92 Å². The summed E-state index contributed by atoms with van der Waals surface area (Å²) in [5, 5.41) is 2.78. The summed E-state index contributed by atoms with van der Waals surface area (Å²) in [6.07, 6.45) is 1.06. The molecular formula is C29H32F3N3O4S. The van der Waals surface area contributed by atoms with E-state index < -0.39 is 39.4 Å². The molecule has 2 amide bonds. The Balaban J connectivity index is 1.86. The molecule has 0 heterocycles. The second-order valence-corrected chi connectivity index (χ2v) is 11.2. The average molecular weight is 576 g/mol. The topological polar surface area (TPSA) is 86.8 Å². The summed E-state index contributed by atoms with van der Waals surface area (Å²) >= 11 is 0. The fourth-order valence-corrected chi connectivity index (χ4v) is 5.23. The fraction of sp³-hybridized carbons (Fsp3) is 0.310. The van der Waals surface area contributed by atoms with Gasteiger partial charge in [0.2, 0.25) is 21.8 Å². The largest absolute Gasteiger partial charge is 0.355 e. The Morgan fingerprint density at radius 1 is 0.900 bits per heavy atom. The van der Waals surface area contributed by atoms with Gasteiger partial charge in [0.25, 0.3) is 0 Å². The molecule has 1 N–H and O–H groups in total. The van der Waals surface area contributed by atoms with Crippen LogP contribution in [0.1, 0.15) is 30.9 Å². The number of carbonyl (C=O) groups excluding carboxylic acids is 2. The molecule has 214 valence electrons. The average Bonchev–Trinajstić information content (AvgIpc) is 2.91. The van der Waals surface area contributed by atoms with Crippen molar-refractivity contribution in [2.24, 2.45) is 0 Å². The van der Waals surface area contributed by atoms with Crippen molar-refractivity contribution in [1.29, 1.82) is 0 Å². The Hall–Kier alpha value is -3.86. The Labute approximate surface area is 232 Å². The number of anilines is 1. The third kappa shape index (κ3) is 8.57. The number of sulfonamides is 1. The van der Waals surface area contributed by atoms with Crippen LogP contribution in [0.3, 0.4) is 0 Å². The molecule has 0 spiro atoms. The van der Waals surface area contributed by atoms with Crippen molar-refractivity contribution in [3.05, 3.63) is 101 Å². The van der Waals surface area contributed by atoms with Crippen LogP contribution in [0.5, 0.6) is 0 Å². The van der Waals surface area contributed by atoms with Gasteiger partial charge in [-0.3, -0.25) is 13.9 Å². The van der Waals surface area contributed by atoms with Crippen LogP contribution in [-0.2, 0) is 32.6 Å². The number of hydrogen-bond donors (Lipinski definition) is 1. The Morgan fingerprint density at radius 3 is 2.17 bits per heavy atom. The van der Waals surface area contributed by atoms with Crippen molar-refractivity contribution in [1.82, 2.24) is 10.2 Å². The first-order valence-corrected chi connectivity index (χ1v) is 14.6. The number of amides is 2. The van der Waals surface area contributed by atoms with Crippen LogP contribution in [0.4, 0.5) is 18.9 Å². The molecule has 3 aromatic rings. The van der Waals surface area contributed by atoms with Crippen LogP contribution in [0, 0.1) is 17.5 Å². The van der Waals surface area contributed by atoms with Gasteiger partial charge < -0.3 is 10.2 Å². The van der Waals surface area contributed by atoms with Crippen molar-refractivity contribution in [2.45, 2.75) is 38.8 Å². The minimum atomic E-state index is -3.88. The maximum absolute atomic E-state index is 13.8. The third-order valence-electron chi connectivity index (χ3n) is 6.23. The highest BCUT2D eigenvalue weighted by Gasteiger charge is 2.30. The van der Waals surface area contributed by atoms with Crippen LogP contribution >= 0.6 is 0 Å². The standard InChI is InChI=1S/C29H32F3N3O4S/c1-3-33-29(37)27(18-21-8-5-4-6-9-21)34(20-22-11-13-23(30)14-12-22)28(36)10-7-17-35(40(2,38)39)24-15-16-25(31)26(32)19-24/h4-6,8-9,11-16,19,27H,3,7,10,17-18,20H2,1-2H3,(H,33,37). The van der Waals surface area contributed by atoms with Gasteiger partial charge in [-0.15, -0.1) is 0 Å². The van der Waals surface area contributed by atoms with E-state index in [4.69, 9.17) is 0 Å². The molecule has 0 aliphatic rings. The Morgan fingerprint density at radius 2 is 1.57 bits per heavy atom. The van der Waals surface area contributed by atoms with Crippen molar-refractivity contribution >= 4 is 27.5 Å². The molecule has 0 radical (unpaired) electrons. The number of nitrogens with one attached hydrogen (secondary N) is 1. The van der Waals surface area contributed by atoms with Crippen molar-refractivity contribution in [2.75, 3.05) is 23.7 Å². The molecular weight excluding hydrogens is 543 g/mol. The quantitative estimate of drug-likeness (QED) is 0.327. The Bertz CT molecular complexity index is 1400.